The first-order chi connectivity index (χ1) is 9.52. The van der Waals surface area contributed by atoms with Crippen LogP contribution >= 0.6 is 15.9 Å². The Bertz CT molecular complexity index is 655. The van der Waals surface area contributed by atoms with Crippen molar-refractivity contribution in [1.29, 1.82) is 0 Å². The van der Waals surface area contributed by atoms with Gasteiger partial charge >= 0.3 is 0 Å². The van der Waals surface area contributed by atoms with Crippen LogP contribution in [0.3, 0.4) is 0 Å². The van der Waals surface area contributed by atoms with Gasteiger partial charge in [0, 0.05) is 22.8 Å². The fourth-order valence-electron chi connectivity index (χ4n) is 1.97. The van der Waals surface area contributed by atoms with E-state index < -0.39 is 0 Å². The lowest BCUT2D eigenvalue weighted by Crippen LogP contribution is -2.14. The third-order valence-electron chi connectivity index (χ3n) is 3.10. The minimum atomic E-state index is 0.0930. The highest BCUT2D eigenvalue weighted by molar-refractivity contribution is 9.10. The zero-order valence-electron chi connectivity index (χ0n) is 11.3. The van der Waals surface area contributed by atoms with E-state index >= 15 is 0 Å². The summed E-state index contributed by atoms with van der Waals surface area (Å²) in [6.45, 7) is 2.06. The molecule has 0 bridgehead atoms. The number of rotatable bonds is 3. The minimum Gasteiger partial charge on any atom is -0.409 e. The summed E-state index contributed by atoms with van der Waals surface area (Å²) in [6, 6.07) is 13.8. The molecule has 3 N–H and O–H groups in total. The molecule has 0 saturated carbocycles. The minimum absolute atomic E-state index is 0.0930. The van der Waals surface area contributed by atoms with Crippen LogP contribution < -0.4 is 10.6 Å². The van der Waals surface area contributed by atoms with Crippen molar-refractivity contribution < 1.29 is 5.21 Å². The second-order valence-corrected chi connectivity index (χ2v) is 5.40. The number of amidine groups is 1. The third-order valence-corrected chi connectivity index (χ3v) is 3.74. The number of hydrogen-bond donors (Lipinski definition) is 2. The quantitative estimate of drug-likeness (QED) is 0.390. The van der Waals surface area contributed by atoms with Gasteiger partial charge in [-0.05, 0) is 58.7 Å². The summed E-state index contributed by atoms with van der Waals surface area (Å²) in [5, 5.41) is 11.7. The maximum Gasteiger partial charge on any atom is 0.170 e. The number of nitrogens with zero attached hydrogens (tertiary/aromatic N) is 2. The van der Waals surface area contributed by atoms with E-state index in [9.17, 15) is 0 Å². The Labute approximate surface area is 126 Å². The van der Waals surface area contributed by atoms with E-state index in [1.165, 1.54) is 5.56 Å². The summed E-state index contributed by atoms with van der Waals surface area (Å²) in [6.07, 6.45) is 0. The molecule has 2 aromatic carbocycles. The molecule has 4 nitrogen and oxygen atoms in total. The number of halogens is 1. The molecule has 5 heteroatoms. The zero-order chi connectivity index (χ0) is 14.7. The van der Waals surface area contributed by atoms with Crippen LogP contribution in [0.15, 0.2) is 52.1 Å². The predicted molar refractivity (Wildman–Crippen MR) is 85.9 cm³/mol. The second-order valence-electron chi connectivity index (χ2n) is 4.55. The summed E-state index contributed by atoms with van der Waals surface area (Å²) in [4.78, 5) is 2.08. The molecule has 0 aromatic heterocycles. The lowest BCUT2D eigenvalue weighted by atomic mass is 10.1. The topological polar surface area (TPSA) is 61.8 Å². The lowest BCUT2D eigenvalue weighted by Gasteiger charge is -2.21. The van der Waals surface area contributed by atoms with Crippen molar-refractivity contribution in [2.75, 3.05) is 11.9 Å². The van der Waals surface area contributed by atoms with Gasteiger partial charge in [0.15, 0.2) is 5.84 Å². The van der Waals surface area contributed by atoms with Crippen molar-refractivity contribution in [3.63, 3.8) is 0 Å². The summed E-state index contributed by atoms with van der Waals surface area (Å²) >= 11 is 3.53. The molecule has 2 aromatic rings. The molecule has 0 radical (unpaired) electrons. The molecule has 0 aliphatic heterocycles. The van der Waals surface area contributed by atoms with Gasteiger partial charge < -0.3 is 15.8 Å². The van der Waals surface area contributed by atoms with Gasteiger partial charge in [-0.1, -0.05) is 17.3 Å². The number of hydrogen-bond acceptors (Lipinski definition) is 3. The van der Waals surface area contributed by atoms with E-state index in [4.69, 9.17) is 10.9 Å². The van der Waals surface area contributed by atoms with E-state index in [0.717, 1.165) is 15.8 Å². The van der Waals surface area contributed by atoms with Gasteiger partial charge in [-0.3, -0.25) is 0 Å². The Morgan fingerprint density at radius 2 is 2.00 bits per heavy atom. The van der Waals surface area contributed by atoms with Crippen LogP contribution in [0.5, 0.6) is 0 Å². The van der Waals surface area contributed by atoms with E-state index in [0.29, 0.717) is 5.56 Å². The van der Waals surface area contributed by atoms with Crippen LogP contribution in [-0.4, -0.2) is 18.1 Å². The molecule has 0 unspecified atom stereocenters. The number of aryl methyl sites for hydroxylation is 1. The average molecular weight is 334 g/mol. The Hall–Kier alpha value is -2.01. The first-order valence-electron chi connectivity index (χ1n) is 6.11. The summed E-state index contributed by atoms with van der Waals surface area (Å²) < 4.78 is 0.880. The number of nitrogens with two attached hydrogens (primary N) is 1. The molecule has 0 heterocycles. The van der Waals surface area contributed by atoms with Gasteiger partial charge in [-0.25, -0.2) is 0 Å². The van der Waals surface area contributed by atoms with Crippen LogP contribution in [0.2, 0.25) is 0 Å². The Morgan fingerprint density at radius 3 is 2.60 bits per heavy atom. The molecule has 0 amide bonds. The van der Waals surface area contributed by atoms with Crippen LogP contribution in [0, 0.1) is 6.92 Å². The van der Waals surface area contributed by atoms with Crippen molar-refractivity contribution in [1.82, 2.24) is 0 Å². The highest BCUT2D eigenvalue weighted by Crippen LogP contribution is 2.31. The van der Waals surface area contributed by atoms with Gasteiger partial charge in [0.1, 0.15) is 0 Å². The van der Waals surface area contributed by atoms with Gasteiger partial charge in [-0.2, -0.15) is 0 Å². The highest BCUT2D eigenvalue weighted by atomic mass is 79.9. The molecule has 0 spiro atoms. The molecule has 104 valence electrons. The summed E-state index contributed by atoms with van der Waals surface area (Å²) in [7, 11) is 2.00. The SMILES string of the molecule is Cc1cccc(N(C)c2ccc(/C(N)=N/O)cc2Br)c1. The molecule has 0 atom stereocenters. The maximum absolute atomic E-state index is 8.70. The van der Waals surface area contributed by atoms with E-state index in [-0.39, 0.29) is 5.84 Å². The van der Waals surface area contributed by atoms with Crippen molar-refractivity contribution in [2.24, 2.45) is 10.9 Å². The normalized spacial score (nSPS) is 11.4. The average Bonchev–Trinajstić information content (AvgIpc) is 2.45. The second kappa shape index (κ2) is 5.96. The van der Waals surface area contributed by atoms with Crippen LogP contribution in [-0.2, 0) is 0 Å². The van der Waals surface area contributed by atoms with Crippen LogP contribution in [0.1, 0.15) is 11.1 Å². The van der Waals surface area contributed by atoms with Crippen LogP contribution in [0.4, 0.5) is 11.4 Å². The number of benzene rings is 2. The van der Waals surface area contributed by atoms with E-state index in [2.05, 4.69) is 51.1 Å². The third kappa shape index (κ3) is 2.93. The first kappa shape index (κ1) is 14.4. The Morgan fingerprint density at radius 1 is 1.25 bits per heavy atom. The highest BCUT2D eigenvalue weighted by Gasteiger charge is 2.10. The molecule has 2 rings (SSSR count). The smallest absolute Gasteiger partial charge is 0.170 e. The summed E-state index contributed by atoms with van der Waals surface area (Å²) in [5.74, 6) is 0.0930. The Kier molecular flexibility index (Phi) is 4.29. The van der Waals surface area contributed by atoms with Crippen molar-refractivity contribution >= 4 is 33.1 Å². The monoisotopic (exact) mass is 333 g/mol. The van der Waals surface area contributed by atoms with Gasteiger partial charge in [0.05, 0.1) is 5.69 Å². The standard InChI is InChI=1S/C15H16BrN3O/c1-10-4-3-5-12(8-10)19(2)14-7-6-11(9-13(14)16)15(17)18-20/h3-9,20H,1-2H3,(H2,17,18). The maximum atomic E-state index is 8.70. The van der Waals surface area contributed by atoms with E-state index in [1.807, 2.05) is 31.3 Å². The first-order valence-corrected chi connectivity index (χ1v) is 6.90. The molecule has 0 fully saturated rings. The molecule has 0 saturated heterocycles. The number of oxime groups is 1. The summed E-state index contributed by atoms with van der Waals surface area (Å²) in [5.41, 5.74) is 9.56. The van der Waals surface area contributed by atoms with Crippen molar-refractivity contribution in [3.8, 4) is 0 Å². The molecular formula is C15H16BrN3O. The molecular weight excluding hydrogens is 318 g/mol. The largest absolute Gasteiger partial charge is 0.409 e. The fraction of sp³-hybridized carbons (Fsp3) is 0.133. The van der Waals surface area contributed by atoms with Gasteiger partial charge in [-0.15, -0.1) is 0 Å². The Balaban J connectivity index is 2.38. The zero-order valence-corrected chi connectivity index (χ0v) is 12.9. The molecule has 20 heavy (non-hydrogen) atoms. The van der Waals surface area contributed by atoms with Crippen LogP contribution in [0.25, 0.3) is 0 Å². The van der Waals surface area contributed by atoms with Crippen molar-refractivity contribution in [2.45, 2.75) is 6.92 Å². The molecule has 0 aliphatic carbocycles. The number of anilines is 2. The molecule has 0 aliphatic rings. The van der Waals surface area contributed by atoms with Gasteiger partial charge in [0.25, 0.3) is 0 Å². The fourth-order valence-corrected chi connectivity index (χ4v) is 2.62. The predicted octanol–water partition coefficient (Wildman–Crippen LogP) is 3.62. The van der Waals surface area contributed by atoms with E-state index in [1.54, 1.807) is 0 Å². The van der Waals surface area contributed by atoms with Gasteiger partial charge in [0.2, 0.25) is 0 Å². The van der Waals surface area contributed by atoms with Crippen molar-refractivity contribution in [3.05, 3.63) is 58.1 Å². The lowest BCUT2D eigenvalue weighted by molar-refractivity contribution is 0.318.